The molecule has 1 nitrogen and oxygen atoms in total. The average molecular weight is 224 g/mol. The van der Waals surface area contributed by atoms with Gasteiger partial charge >= 0.3 is 0 Å². The molecule has 0 spiro atoms. The van der Waals surface area contributed by atoms with Crippen molar-refractivity contribution in [1.82, 2.24) is 0 Å². The van der Waals surface area contributed by atoms with Crippen LogP contribution in [0.15, 0.2) is 30.3 Å². The summed E-state index contributed by atoms with van der Waals surface area (Å²) in [6.07, 6.45) is 4.15. The molecule has 1 aromatic rings. The lowest BCUT2D eigenvalue weighted by Crippen LogP contribution is -2.33. The van der Waals surface area contributed by atoms with Crippen molar-refractivity contribution in [3.8, 4) is 0 Å². The van der Waals surface area contributed by atoms with Gasteiger partial charge in [0.05, 0.1) is 0 Å². The largest absolute Gasteiger partial charge is 0.327 e. The van der Waals surface area contributed by atoms with E-state index in [0.29, 0.717) is 12.0 Å². The maximum absolute atomic E-state index is 6.30. The third-order valence-electron chi connectivity index (χ3n) is 4.17. The van der Waals surface area contributed by atoms with Crippen molar-refractivity contribution < 1.29 is 0 Å². The van der Waals surface area contributed by atoms with E-state index in [4.69, 9.17) is 5.73 Å². The van der Waals surface area contributed by atoms with Crippen LogP contribution in [0.25, 0.3) is 0 Å². The van der Waals surface area contributed by atoms with Gasteiger partial charge in [-0.3, -0.25) is 0 Å². The molecule has 1 aromatic carbocycles. The van der Waals surface area contributed by atoms with Gasteiger partial charge in [0.2, 0.25) is 0 Å². The van der Waals surface area contributed by atoms with E-state index < -0.39 is 0 Å². The Hall–Kier alpha value is -0.530. The molecule has 0 saturated heterocycles. The molecule has 2 heteroatoms. The Kier molecular flexibility index (Phi) is 3.03. The van der Waals surface area contributed by atoms with E-state index in [9.17, 15) is 0 Å². The van der Waals surface area contributed by atoms with Gasteiger partial charge in [-0.25, -0.2) is 0 Å². The van der Waals surface area contributed by atoms with Gasteiger partial charge in [-0.05, 0) is 36.7 Å². The maximum Gasteiger partial charge on any atom is 0.0139 e. The lowest BCUT2D eigenvalue weighted by Gasteiger charge is -2.28. The predicted molar refractivity (Wildman–Crippen MR) is 65.2 cm³/mol. The van der Waals surface area contributed by atoms with E-state index in [1.165, 1.54) is 24.8 Å². The highest BCUT2D eigenvalue weighted by molar-refractivity contribution is 5.85. The summed E-state index contributed by atoms with van der Waals surface area (Å²) >= 11 is 0. The summed E-state index contributed by atoms with van der Waals surface area (Å²) in [5, 5.41) is 0. The second kappa shape index (κ2) is 4.15. The van der Waals surface area contributed by atoms with Crippen LogP contribution >= 0.6 is 12.4 Å². The summed E-state index contributed by atoms with van der Waals surface area (Å²) in [6, 6.07) is 11.3. The lowest BCUT2D eigenvalue weighted by atomic mass is 9.80. The second-order valence-electron chi connectivity index (χ2n) is 4.85. The Morgan fingerprint density at radius 3 is 2.27 bits per heavy atom. The van der Waals surface area contributed by atoms with Crippen LogP contribution in [0, 0.1) is 11.8 Å². The van der Waals surface area contributed by atoms with E-state index in [0.717, 1.165) is 11.8 Å². The van der Waals surface area contributed by atoms with Gasteiger partial charge < -0.3 is 5.73 Å². The molecule has 2 saturated carbocycles. The highest BCUT2D eigenvalue weighted by Gasteiger charge is 2.46. The molecule has 2 bridgehead atoms. The molecule has 82 valence electrons. The molecule has 0 radical (unpaired) electrons. The van der Waals surface area contributed by atoms with E-state index in [1.807, 2.05) is 0 Å². The van der Waals surface area contributed by atoms with Crippen molar-refractivity contribution in [1.29, 1.82) is 0 Å². The molecule has 2 N–H and O–H groups in total. The van der Waals surface area contributed by atoms with Crippen molar-refractivity contribution in [2.45, 2.75) is 31.2 Å². The summed E-state index contributed by atoms with van der Waals surface area (Å²) in [5.74, 6) is 2.33. The van der Waals surface area contributed by atoms with Crippen LogP contribution in [0.4, 0.5) is 0 Å². The molecule has 0 aliphatic heterocycles. The topological polar surface area (TPSA) is 26.0 Å². The Morgan fingerprint density at radius 2 is 1.67 bits per heavy atom. The Bertz CT molecular complexity index is 323. The SMILES string of the molecule is Cl.NC1C2CCC(C2)C1c1ccccc1. The predicted octanol–water partition coefficient (Wildman–Crippen LogP) is 2.95. The smallest absolute Gasteiger partial charge is 0.0139 e. The first-order valence-electron chi connectivity index (χ1n) is 5.67. The molecule has 2 aliphatic rings. The minimum absolute atomic E-state index is 0. The molecule has 2 fully saturated rings. The van der Waals surface area contributed by atoms with Crippen LogP contribution in [0.1, 0.15) is 30.7 Å². The Morgan fingerprint density at radius 1 is 1.00 bits per heavy atom. The van der Waals surface area contributed by atoms with Crippen molar-refractivity contribution in [3.05, 3.63) is 35.9 Å². The first-order chi connectivity index (χ1) is 6.86. The zero-order chi connectivity index (χ0) is 9.54. The number of benzene rings is 1. The quantitative estimate of drug-likeness (QED) is 0.779. The first-order valence-corrected chi connectivity index (χ1v) is 5.67. The van der Waals surface area contributed by atoms with Gasteiger partial charge in [-0.15, -0.1) is 12.4 Å². The summed E-state index contributed by atoms with van der Waals surface area (Å²) in [7, 11) is 0. The number of hydrogen-bond acceptors (Lipinski definition) is 1. The van der Waals surface area contributed by atoms with Gasteiger partial charge in [0.15, 0.2) is 0 Å². The molecule has 0 amide bonds. The molecule has 15 heavy (non-hydrogen) atoms. The molecule has 4 unspecified atom stereocenters. The second-order valence-corrected chi connectivity index (χ2v) is 4.85. The summed E-state index contributed by atoms with van der Waals surface area (Å²) in [5.41, 5.74) is 7.76. The van der Waals surface area contributed by atoms with E-state index >= 15 is 0 Å². The van der Waals surface area contributed by atoms with Gasteiger partial charge in [0, 0.05) is 12.0 Å². The minimum atomic E-state index is 0. The fraction of sp³-hybridized carbons (Fsp3) is 0.538. The van der Waals surface area contributed by atoms with E-state index in [2.05, 4.69) is 30.3 Å². The number of fused-ring (bicyclic) bond motifs is 2. The summed E-state index contributed by atoms with van der Waals surface area (Å²) in [6.45, 7) is 0. The average Bonchev–Trinajstić information content (AvgIpc) is 2.79. The van der Waals surface area contributed by atoms with Crippen LogP contribution < -0.4 is 5.73 Å². The molecule has 0 aromatic heterocycles. The zero-order valence-corrected chi connectivity index (χ0v) is 9.62. The third kappa shape index (κ3) is 1.68. The fourth-order valence-corrected chi connectivity index (χ4v) is 3.51. The van der Waals surface area contributed by atoms with Crippen molar-refractivity contribution in [2.75, 3.05) is 0 Å². The number of halogens is 1. The van der Waals surface area contributed by atoms with Crippen LogP contribution in [0.2, 0.25) is 0 Å². The van der Waals surface area contributed by atoms with E-state index in [1.54, 1.807) is 0 Å². The lowest BCUT2D eigenvalue weighted by molar-refractivity contribution is 0.366. The Balaban J connectivity index is 0.000000853. The number of nitrogens with two attached hydrogens (primary N) is 1. The maximum atomic E-state index is 6.30. The van der Waals surface area contributed by atoms with Crippen LogP contribution in [-0.4, -0.2) is 6.04 Å². The molecule has 3 rings (SSSR count). The Labute approximate surface area is 97.5 Å². The van der Waals surface area contributed by atoms with Crippen LogP contribution in [0.3, 0.4) is 0 Å². The van der Waals surface area contributed by atoms with Gasteiger partial charge in [0.1, 0.15) is 0 Å². The van der Waals surface area contributed by atoms with E-state index in [-0.39, 0.29) is 12.4 Å². The standard InChI is InChI=1S/C13H17N.ClH/c14-13-11-7-6-10(8-11)12(13)9-4-2-1-3-5-9;/h1-5,10-13H,6-8,14H2;1H. The van der Waals surface area contributed by atoms with Crippen LogP contribution in [0.5, 0.6) is 0 Å². The highest BCUT2D eigenvalue weighted by Crippen LogP contribution is 2.51. The van der Waals surface area contributed by atoms with Crippen LogP contribution in [-0.2, 0) is 0 Å². The van der Waals surface area contributed by atoms with Gasteiger partial charge in [-0.2, -0.15) is 0 Å². The molecule has 0 heterocycles. The van der Waals surface area contributed by atoms with Crippen molar-refractivity contribution >= 4 is 12.4 Å². The first kappa shape index (κ1) is 11.0. The number of rotatable bonds is 1. The zero-order valence-electron chi connectivity index (χ0n) is 8.80. The normalized spacial score (nSPS) is 37.7. The minimum Gasteiger partial charge on any atom is -0.327 e. The van der Waals surface area contributed by atoms with Crippen molar-refractivity contribution in [3.63, 3.8) is 0 Å². The molecule has 4 atom stereocenters. The molecular weight excluding hydrogens is 206 g/mol. The molecular formula is C13H18ClN. The number of hydrogen-bond donors (Lipinski definition) is 1. The highest BCUT2D eigenvalue weighted by atomic mass is 35.5. The van der Waals surface area contributed by atoms with Gasteiger partial charge in [-0.1, -0.05) is 30.3 Å². The van der Waals surface area contributed by atoms with Gasteiger partial charge in [0.25, 0.3) is 0 Å². The fourth-order valence-electron chi connectivity index (χ4n) is 3.51. The monoisotopic (exact) mass is 223 g/mol. The summed E-state index contributed by atoms with van der Waals surface area (Å²) in [4.78, 5) is 0. The summed E-state index contributed by atoms with van der Waals surface area (Å²) < 4.78 is 0. The molecule has 2 aliphatic carbocycles. The third-order valence-corrected chi connectivity index (χ3v) is 4.17. The van der Waals surface area contributed by atoms with Crippen molar-refractivity contribution in [2.24, 2.45) is 17.6 Å².